The molecule has 0 aliphatic carbocycles. The van der Waals surface area contributed by atoms with Crippen molar-refractivity contribution in [3.63, 3.8) is 0 Å². The number of rotatable bonds is 6. The molecule has 0 aromatic carbocycles. The standard InChI is InChI=1S/C9H9F9OS/c1-4(19)20-3-2-7(12,13)5(10)6(11)8(14,15)9(16,17)18/h5-6H,2-3H2,1H3. The predicted octanol–water partition coefficient (Wildman–Crippen LogP) is 4.17. The van der Waals surface area contributed by atoms with Crippen LogP contribution in [0.1, 0.15) is 13.3 Å². The minimum atomic E-state index is -6.49. The highest BCUT2D eigenvalue weighted by molar-refractivity contribution is 8.13. The van der Waals surface area contributed by atoms with Gasteiger partial charge in [-0.05, 0) is 0 Å². The van der Waals surface area contributed by atoms with E-state index in [4.69, 9.17) is 0 Å². The number of thioether (sulfide) groups is 1. The molecule has 11 heteroatoms. The van der Waals surface area contributed by atoms with Gasteiger partial charge in [-0.3, -0.25) is 4.79 Å². The summed E-state index contributed by atoms with van der Waals surface area (Å²) in [4.78, 5) is 10.4. The van der Waals surface area contributed by atoms with E-state index >= 15 is 0 Å². The van der Waals surface area contributed by atoms with Gasteiger partial charge in [-0.2, -0.15) is 22.0 Å². The molecule has 2 unspecified atom stereocenters. The highest BCUT2D eigenvalue weighted by atomic mass is 32.2. The summed E-state index contributed by atoms with van der Waals surface area (Å²) in [6.07, 6.45) is -17.1. The van der Waals surface area contributed by atoms with Gasteiger partial charge in [0.05, 0.1) is 0 Å². The third-order valence-corrected chi connectivity index (χ3v) is 2.94. The van der Waals surface area contributed by atoms with E-state index in [0.29, 0.717) is 0 Å². The molecule has 2 atom stereocenters. The fourth-order valence-electron chi connectivity index (χ4n) is 1.02. The second-order valence-electron chi connectivity index (χ2n) is 3.78. The first-order valence-electron chi connectivity index (χ1n) is 4.97. The van der Waals surface area contributed by atoms with E-state index in [2.05, 4.69) is 0 Å². The van der Waals surface area contributed by atoms with Crippen LogP contribution in [0.2, 0.25) is 0 Å². The van der Waals surface area contributed by atoms with E-state index in [1.807, 2.05) is 0 Å². The first-order valence-corrected chi connectivity index (χ1v) is 5.96. The molecule has 0 amide bonds. The second-order valence-corrected chi connectivity index (χ2v) is 5.05. The molecular formula is C9H9F9OS. The van der Waals surface area contributed by atoms with Crippen LogP contribution in [0.4, 0.5) is 39.5 Å². The molecule has 0 aliphatic rings. The minimum Gasteiger partial charge on any atom is -0.288 e. The van der Waals surface area contributed by atoms with Crippen molar-refractivity contribution in [2.24, 2.45) is 0 Å². The molecule has 0 spiro atoms. The van der Waals surface area contributed by atoms with Crippen LogP contribution in [0, 0.1) is 0 Å². The van der Waals surface area contributed by atoms with Gasteiger partial charge in [-0.25, -0.2) is 17.6 Å². The Morgan fingerprint density at radius 3 is 1.80 bits per heavy atom. The van der Waals surface area contributed by atoms with Gasteiger partial charge in [0.1, 0.15) is 0 Å². The molecule has 0 N–H and O–H groups in total. The van der Waals surface area contributed by atoms with Crippen LogP contribution in [0.5, 0.6) is 0 Å². The summed E-state index contributed by atoms with van der Waals surface area (Å²) in [6.45, 7) is 0.978. The third kappa shape index (κ3) is 4.74. The average Bonchev–Trinajstić information content (AvgIpc) is 2.24. The molecule has 120 valence electrons. The molecule has 0 aromatic rings. The molecular weight excluding hydrogens is 327 g/mol. The Labute approximate surface area is 111 Å². The SMILES string of the molecule is CC(=O)SCCC(F)(F)C(F)C(F)C(F)(F)C(F)(F)F. The molecule has 0 saturated heterocycles. The van der Waals surface area contributed by atoms with Crippen LogP contribution >= 0.6 is 11.8 Å². The molecule has 1 nitrogen and oxygen atoms in total. The second kappa shape index (κ2) is 6.44. The zero-order chi connectivity index (χ0) is 16.4. The van der Waals surface area contributed by atoms with Gasteiger partial charge in [0.2, 0.25) is 12.3 Å². The van der Waals surface area contributed by atoms with E-state index in [0.717, 1.165) is 6.92 Å². The lowest BCUT2D eigenvalue weighted by molar-refractivity contribution is -0.317. The zero-order valence-corrected chi connectivity index (χ0v) is 10.6. The number of alkyl halides is 9. The summed E-state index contributed by atoms with van der Waals surface area (Å²) in [5.74, 6) is -11.7. The number of carbonyl (C=O) groups excluding carboxylic acids is 1. The van der Waals surface area contributed by atoms with Crippen molar-refractivity contribution in [3.05, 3.63) is 0 Å². The van der Waals surface area contributed by atoms with Crippen molar-refractivity contribution in [1.29, 1.82) is 0 Å². The number of hydrogen-bond donors (Lipinski definition) is 0. The quantitative estimate of drug-likeness (QED) is 0.678. The van der Waals surface area contributed by atoms with Gasteiger partial charge in [0, 0.05) is 19.1 Å². The molecule has 0 rings (SSSR count). The van der Waals surface area contributed by atoms with Crippen molar-refractivity contribution in [2.45, 2.75) is 43.7 Å². The van der Waals surface area contributed by atoms with Gasteiger partial charge < -0.3 is 0 Å². The van der Waals surface area contributed by atoms with Crippen molar-refractivity contribution >= 4 is 16.9 Å². The fourth-order valence-corrected chi connectivity index (χ4v) is 1.68. The van der Waals surface area contributed by atoms with Crippen LogP contribution in [-0.4, -0.2) is 41.2 Å². The molecule has 0 saturated carbocycles. The summed E-state index contributed by atoms with van der Waals surface area (Å²) in [7, 11) is 0. The first kappa shape index (κ1) is 19.4. The Kier molecular flexibility index (Phi) is 6.24. The first-order chi connectivity index (χ1) is 8.73. The molecule has 0 aromatic heterocycles. The van der Waals surface area contributed by atoms with E-state index in [9.17, 15) is 44.3 Å². The fraction of sp³-hybridized carbons (Fsp3) is 0.889. The van der Waals surface area contributed by atoms with Crippen molar-refractivity contribution in [2.75, 3.05) is 5.75 Å². The Bertz CT molecular complexity index is 341. The van der Waals surface area contributed by atoms with Gasteiger partial charge >= 0.3 is 12.1 Å². The largest absolute Gasteiger partial charge is 0.456 e. The summed E-state index contributed by atoms with van der Waals surface area (Å²) in [6, 6.07) is 0. The smallest absolute Gasteiger partial charge is 0.288 e. The summed E-state index contributed by atoms with van der Waals surface area (Å²) < 4.78 is 112. The summed E-state index contributed by atoms with van der Waals surface area (Å²) in [5, 5.41) is -0.645. The van der Waals surface area contributed by atoms with Crippen LogP contribution in [0.15, 0.2) is 0 Å². The lowest BCUT2D eigenvalue weighted by Crippen LogP contribution is -2.53. The van der Waals surface area contributed by atoms with E-state index in [1.165, 1.54) is 0 Å². The van der Waals surface area contributed by atoms with Crippen LogP contribution in [0.25, 0.3) is 0 Å². The maximum atomic E-state index is 13.0. The lowest BCUT2D eigenvalue weighted by atomic mass is 10.0. The number of carbonyl (C=O) groups is 1. The van der Waals surface area contributed by atoms with Gasteiger partial charge in [0.25, 0.3) is 5.92 Å². The molecule has 0 heterocycles. The lowest BCUT2D eigenvalue weighted by Gasteiger charge is -2.29. The molecule has 0 bridgehead atoms. The topological polar surface area (TPSA) is 17.1 Å². The van der Waals surface area contributed by atoms with Crippen LogP contribution in [0.3, 0.4) is 0 Å². The molecule has 20 heavy (non-hydrogen) atoms. The monoisotopic (exact) mass is 336 g/mol. The van der Waals surface area contributed by atoms with Gasteiger partial charge in [-0.15, -0.1) is 0 Å². The van der Waals surface area contributed by atoms with Crippen LogP contribution in [-0.2, 0) is 4.79 Å². The molecule has 0 fully saturated rings. The number of halogens is 9. The predicted molar refractivity (Wildman–Crippen MR) is 53.5 cm³/mol. The zero-order valence-electron chi connectivity index (χ0n) is 9.79. The van der Waals surface area contributed by atoms with E-state index in [-0.39, 0.29) is 11.8 Å². The van der Waals surface area contributed by atoms with Crippen molar-refractivity contribution < 1.29 is 44.3 Å². The Morgan fingerprint density at radius 2 is 1.45 bits per heavy atom. The third-order valence-electron chi connectivity index (χ3n) is 2.13. The maximum absolute atomic E-state index is 13.0. The van der Waals surface area contributed by atoms with Gasteiger partial charge in [-0.1, -0.05) is 11.8 Å². The molecule has 0 radical (unpaired) electrons. The summed E-state index contributed by atoms with van der Waals surface area (Å²) in [5.41, 5.74) is 0. The number of hydrogen-bond acceptors (Lipinski definition) is 2. The van der Waals surface area contributed by atoms with E-state index < -0.39 is 47.7 Å². The normalized spacial score (nSPS) is 16.9. The Morgan fingerprint density at radius 1 is 1.00 bits per heavy atom. The Hall–Kier alpha value is -0.610. The van der Waals surface area contributed by atoms with Crippen molar-refractivity contribution in [3.8, 4) is 0 Å². The highest BCUT2D eigenvalue weighted by Crippen LogP contribution is 2.44. The Balaban J connectivity index is 4.86. The maximum Gasteiger partial charge on any atom is 0.456 e. The van der Waals surface area contributed by atoms with E-state index in [1.54, 1.807) is 0 Å². The van der Waals surface area contributed by atoms with Crippen molar-refractivity contribution in [1.82, 2.24) is 0 Å². The summed E-state index contributed by atoms with van der Waals surface area (Å²) >= 11 is 0.283. The molecule has 0 aliphatic heterocycles. The minimum absolute atomic E-state index is 0.283. The average molecular weight is 336 g/mol. The van der Waals surface area contributed by atoms with Crippen LogP contribution < -0.4 is 0 Å². The van der Waals surface area contributed by atoms with Gasteiger partial charge in [0.15, 0.2) is 5.12 Å². The highest BCUT2D eigenvalue weighted by Gasteiger charge is 2.68.